The second-order valence-electron chi connectivity index (χ2n) is 4.35. The van der Waals surface area contributed by atoms with E-state index < -0.39 is 17.9 Å². The van der Waals surface area contributed by atoms with Gasteiger partial charge in [-0.3, -0.25) is 4.79 Å². The van der Waals surface area contributed by atoms with Gasteiger partial charge in [0.05, 0.1) is 12.7 Å². The van der Waals surface area contributed by atoms with Gasteiger partial charge in [-0.1, -0.05) is 31.4 Å². The number of rotatable bonds is 7. The van der Waals surface area contributed by atoms with Gasteiger partial charge in [-0.15, -0.1) is 0 Å². The molecule has 1 atom stereocenters. The van der Waals surface area contributed by atoms with Crippen molar-refractivity contribution in [2.24, 2.45) is 0 Å². The van der Waals surface area contributed by atoms with Gasteiger partial charge >= 0.3 is 5.97 Å². The normalized spacial score (nSPS) is 11.8. The van der Waals surface area contributed by atoms with Crippen molar-refractivity contribution in [2.45, 2.75) is 32.2 Å². The Kier molecular flexibility index (Phi) is 6.31. The minimum Gasteiger partial charge on any atom is -0.496 e. The molecule has 1 aromatic rings. The van der Waals surface area contributed by atoms with Gasteiger partial charge in [0.15, 0.2) is 0 Å². The molecule has 0 saturated carbocycles. The lowest BCUT2D eigenvalue weighted by Crippen LogP contribution is -2.40. The van der Waals surface area contributed by atoms with Crippen LogP contribution in [-0.2, 0) is 4.79 Å². The average Bonchev–Trinajstić information content (AvgIpc) is 2.42. The molecule has 6 heteroatoms. The molecule has 0 aliphatic heterocycles. The predicted molar refractivity (Wildman–Crippen MR) is 76.4 cm³/mol. The molecule has 1 aromatic carbocycles. The van der Waals surface area contributed by atoms with Crippen molar-refractivity contribution in [2.75, 3.05) is 7.11 Å². The number of methoxy groups -OCH3 is 1. The highest BCUT2D eigenvalue weighted by molar-refractivity contribution is 6.31. The Morgan fingerprint density at radius 1 is 1.45 bits per heavy atom. The summed E-state index contributed by atoms with van der Waals surface area (Å²) in [6.07, 6.45) is 1.98. The van der Waals surface area contributed by atoms with Crippen LogP contribution in [0, 0.1) is 0 Å². The molecule has 0 aromatic heterocycles. The SMILES string of the molecule is CCCCC(NC(=O)c1cc(Cl)ccc1OC)C(=O)O. The van der Waals surface area contributed by atoms with E-state index in [-0.39, 0.29) is 5.56 Å². The number of benzene rings is 1. The molecule has 0 heterocycles. The Morgan fingerprint density at radius 2 is 2.15 bits per heavy atom. The maximum absolute atomic E-state index is 12.1. The molecule has 0 aliphatic carbocycles. The number of ether oxygens (including phenoxy) is 1. The molecule has 0 spiro atoms. The zero-order valence-corrected chi connectivity index (χ0v) is 12.2. The molecule has 0 bridgehead atoms. The lowest BCUT2D eigenvalue weighted by atomic mass is 10.1. The Balaban J connectivity index is 2.88. The molecule has 1 rings (SSSR count). The van der Waals surface area contributed by atoms with E-state index >= 15 is 0 Å². The molecule has 0 aliphatic rings. The average molecular weight is 300 g/mol. The summed E-state index contributed by atoms with van der Waals surface area (Å²) in [5.41, 5.74) is 0.225. The third-order valence-electron chi connectivity index (χ3n) is 2.86. The van der Waals surface area contributed by atoms with Gasteiger partial charge in [0, 0.05) is 5.02 Å². The third kappa shape index (κ3) is 4.42. The summed E-state index contributed by atoms with van der Waals surface area (Å²) in [6.45, 7) is 1.96. The van der Waals surface area contributed by atoms with Gasteiger partial charge in [-0.05, 0) is 24.6 Å². The molecule has 20 heavy (non-hydrogen) atoms. The van der Waals surface area contributed by atoms with Gasteiger partial charge in [0.25, 0.3) is 5.91 Å². The molecule has 110 valence electrons. The van der Waals surface area contributed by atoms with Crippen LogP contribution in [0.1, 0.15) is 36.5 Å². The van der Waals surface area contributed by atoms with Gasteiger partial charge < -0.3 is 15.2 Å². The maximum Gasteiger partial charge on any atom is 0.326 e. The second-order valence-corrected chi connectivity index (χ2v) is 4.79. The number of amides is 1. The van der Waals surface area contributed by atoms with Crippen molar-refractivity contribution in [1.29, 1.82) is 0 Å². The molecular weight excluding hydrogens is 282 g/mol. The first-order valence-electron chi connectivity index (χ1n) is 6.36. The summed E-state index contributed by atoms with van der Waals surface area (Å²) in [6, 6.07) is 3.71. The highest BCUT2D eigenvalue weighted by Gasteiger charge is 2.22. The first-order valence-corrected chi connectivity index (χ1v) is 6.74. The van der Waals surface area contributed by atoms with Crippen molar-refractivity contribution in [3.63, 3.8) is 0 Å². The van der Waals surface area contributed by atoms with E-state index in [9.17, 15) is 9.59 Å². The summed E-state index contributed by atoms with van der Waals surface area (Å²) in [5.74, 6) is -1.20. The van der Waals surface area contributed by atoms with E-state index in [0.29, 0.717) is 17.2 Å². The van der Waals surface area contributed by atoms with Crippen molar-refractivity contribution in [3.05, 3.63) is 28.8 Å². The minimum absolute atomic E-state index is 0.225. The fraction of sp³-hybridized carbons (Fsp3) is 0.429. The predicted octanol–water partition coefficient (Wildman–Crippen LogP) is 2.72. The molecule has 5 nitrogen and oxygen atoms in total. The number of carbonyl (C=O) groups is 2. The van der Waals surface area contributed by atoms with Crippen LogP contribution in [0.15, 0.2) is 18.2 Å². The Bertz CT molecular complexity index is 490. The minimum atomic E-state index is -1.05. The van der Waals surface area contributed by atoms with E-state index in [0.717, 1.165) is 12.8 Å². The van der Waals surface area contributed by atoms with Crippen LogP contribution in [0.3, 0.4) is 0 Å². The van der Waals surface area contributed by atoms with Crippen LogP contribution in [0.25, 0.3) is 0 Å². The first-order chi connectivity index (χ1) is 9.49. The number of unbranched alkanes of at least 4 members (excludes halogenated alkanes) is 1. The second kappa shape index (κ2) is 7.75. The monoisotopic (exact) mass is 299 g/mol. The van der Waals surface area contributed by atoms with E-state index in [4.69, 9.17) is 21.4 Å². The molecule has 0 saturated heterocycles. The number of carboxylic acid groups (broad SMARTS) is 1. The van der Waals surface area contributed by atoms with Gasteiger partial charge in [0.1, 0.15) is 11.8 Å². The van der Waals surface area contributed by atoms with Crippen LogP contribution >= 0.6 is 11.6 Å². The van der Waals surface area contributed by atoms with Crippen molar-refractivity contribution in [3.8, 4) is 5.75 Å². The van der Waals surface area contributed by atoms with Crippen LogP contribution in [0.2, 0.25) is 5.02 Å². The van der Waals surface area contributed by atoms with Crippen LogP contribution in [-0.4, -0.2) is 30.1 Å². The summed E-state index contributed by atoms with van der Waals surface area (Å²) in [4.78, 5) is 23.3. The highest BCUT2D eigenvalue weighted by atomic mass is 35.5. The lowest BCUT2D eigenvalue weighted by Gasteiger charge is -2.15. The van der Waals surface area contributed by atoms with Crippen LogP contribution in [0.4, 0.5) is 0 Å². The smallest absolute Gasteiger partial charge is 0.326 e. The number of nitrogens with one attached hydrogen (secondary N) is 1. The van der Waals surface area contributed by atoms with Crippen LogP contribution < -0.4 is 10.1 Å². The zero-order valence-electron chi connectivity index (χ0n) is 11.5. The summed E-state index contributed by atoms with van der Waals surface area (Å²) < 4.78 is 5.08. The van der Waals surface area contributed by atoms with E-state index in [1.165, 1.54) is 13.2 Å². The Morgan fingerprint density at radius 3 is 2.70 bits per heavy atom. The maximum atomic E-state index is 12.1. The third-order valence-corrected chi connectivity index (χ3v) is 3.09. The molecule has 1 amide bonds. The first kappa shape index (κ1) is 16.3. The summed E-state index contributed by atoms with van der Waals surface area (Å²) in [5, 5.41) is 12.0. The zero-order chi connectivity index (χ0) is 15.1. The van der Waals surface area contributed by atoms with Gasteiger partial charge in [0.2, 0.25) is 0 Å². The number of carbonyl (C=O) groups excluding carboxylic acids is 1. The number of aliphatic carboxylic acids is 1. The molecule has 0 radical (unpaired) electrons. The van der Waals surface area contributed by atoms with Crippen LogP contribution in [0.5, 0.6) is 5.75 Å². The van der Waals surface area contributed by atoms with Crippen molar-refractivity contribution < 1.29 is 19.4 Å². The number of hydrogen-bond acceptors (Lipinski definition) is 3. The molecule has 1 unspecified atom stereocenters. The Hall–Kier alpha value is -1.75. The number of carboxylic acids is 1. The van der Waals surface area contributed by atoms with E-state index in [2.05, 4.69) is 5.32 Å². The molecule has 0 fully saturated rings. The highest BCUT2D eigenvalue weighted by Crippen LogP contribution is 2.22. The lowest BCUT2D eigenvalue weighted by molar-refractivity contribution is -0.139. The number of hydrogen-bond donors (Lipinski definition) is 2. The van der Waals surface area contributed by atoms with Gasteiger partial charge in [-0.25, -0.2) is 4.79 Å². The topological polar surface area (TPSA) is 75.6 Å². The quantitative estimate of drug-likeness (QED) is 0.811. The molecule has 2 N–H and O–H groups in total. The fourth-order valence-electron chi connectivity index (χ4n) is 1.76. The van der Waals surface area contributed by atoms with E-state index in [1.807, 2.05) is 6.92 Å². The fourth-order valence-corrected chi connectivity index (χ4v) is 1.93. The Labute approximate surface area is 122 Å². The molecular formula is C14H18ClNO4. The van der Waals surface area contributed by atoms with Crippen molar-refractivity contribution in [1.82, 2.24) is 5.32 Å². The summed E-state index contributed by atoms with van der Waals surface area (Å²) in [7, 11) is 1.44. The standard InChI is InChI=1S/C14H18ClNO4/c1-3-4-5-11(14(18)19)16-13(17)10-8-9(15)6-7-12(10)20-2/h6-8,11H,3-5H2,1-2H3,(H,16,17)(H,18,19). The number of halogens is 1. The van der Waals surface area contributed by atoms with Gasteiger partial charge in [-0.2, -0.15) is 0 Å². The van der Waals surface area contributed by atoms with Crippen molar-refractivity contribution >= 4 is 23.5 Å². The van der Waals surface area contributed by atoms with E-state index in [1.54, 1.807) is 12.1 Å². The largest absolute Gasteiger partial charge is 0.496 e. The summed E-state index contributed by atoms with van der Waals surface area (Å²) >= 11 is 5.85.